The molecule has 1 aliphatic heterocycles. The lowest BCUT2D eigenvalue weighted by atomic mass is 10.1. The average Bonchev–Trinajstić information content (AvgIpc) is 3.11. The Labute approximate surface area is 174 Å². The Bertz CT molecular complexity index is 1120. The summed E-state index contributed by atoms with van der Waals surface area (Å²) in [6, 6.07) is 19.1. The van der Waals surface area contributed by atoms with Crippen molar-refractivity contribution in [1.82, 2.24) is 20.4 Å². The summed E-state index contributed by atoms with van der Waals surface area (Å²) in [4.78, 5) is 14.5. The van der Waals surface area contributed by atoms with Crippen molar-refractivity contribution < 1.29 is 9.53 Å². The van der Waals surface area contributed by atoms with Gasteiger partial charge in [-0.05, 0) is 36.2 Å². The van der Waals surface area contributed by atoms with Gasteiger partial charge in [0.25, 0.3) is 5.91 Å². The number of hydrogen-bond acceptors (Lipinski definition) is 5. The molecule has 1 aromatic heterocycles. The van der Waals surface area contributed by atoms with Gasteiger partial charge in [-0.1, -0.05) is 37.3 Å². The monoisotopic (exact) mass is 399 g/mol. The second-order valence-corrected chi connectivity index (χ2v) is 7.84. The molecule has 2 fully saturated rings. The van der Waals surface area contributed by atoms with Crippen molar-refractivity contribution in [2.45, 2.75) is 19.0 Å². The lowest BCUT2D eigenvalue weighted by Crippen LogP contribution is -2.40. The number of hydrogen-bond donors (Lipinski definition) is 2. The summed E-state index contributed by atoms with van der Waals surface area (Å²) >= 11 is 0. The predicted octanol–water partition coefficient (Wildman–Crippen LogP) is 3.40. The van der Waals surface area contributed by atoms with E-state index in [9.17, 15) is 10.1 Å². The maximum atomic E-state index is 12.8. The van der Waals surface area contributed by atoms with Crippen LogP contribution in [0.25, 0.3) is 11.3 Å². The number of carbonyl (C=O) groups is 1. The van der Waals surface area contributed by atoms with Gasteiger partial charge < -0.3 is 15.0 Å². The second-order valence-electron chi connectivity index (χ2n) is 7.84. The highest BCUT2D eigenvalue weighted by atomic mass is 16.5. The molecule has 0 radical (unpaired) electrons. The first-order valence-electron chi connectivity index (χ1n) is 10.0. The van der Waals surface area contributed by atoms with E-state index >= 15 is 0 Å². The number of ether oxygens (including phenoxy) is 1. The molecule has 1 saturated heterocycles. The summed E-state index contributed by atoms with van der Waals surface area (Å²) in [7, 11) is 0. The maximum Gasteiger partial charge on any atom is 0.269 e. The van der Waals surface area contributed by atoms with Gasteiger partial charge in [-0.15, -0.1) is 0 Å². The summed E-state index contributed by atoms with van der Waals surface area (Å²) in [5, 5.41) is 19.5. The second kappa shape index (κ2) is 7.23. The molecule has 2 aromatic carbocycles. The van der Waals surface area contributed by atoms with E-state index in [0.717, 1.165) is 11.3 Å². The Kier molecular flexibility index (Phi) is 4.40. The Hall–Kier alpha value is -3.79. The van der Waals surface area contributed by atoms with Gasteiger partial charge in [0.1, 0.15) is 17.2 Å². The Morgan fingerprint density at radius 3 is 2.77 bits per heavy atom. The van der Waals surface area contributed by atoms with E-state index in [1.165, 1.54) is 0 Å². The van der Waals surface area contributed by atoms with Crippen molar-refractivity contribution in [2.24, 2.45) is 11.8 Å². The minimum atomic E-state index is -0.210. The molecule has 4 atom stereocenters. The van der Waals surface area contributed by atoms with E-state index in [0.29, 0.717) is 35.5 Å². The Morgan fingerprint density at radius 2 is 2.00 bits per heavy atom. The highest BCUT2D eigenvalue weighted by molar-refractivity contribution is 5.93. The van der Waals surface area contributed by atoms with Crippen LogP contribution in [0.4, 0.5) is 0 Å². The number of nitrogens with one attached hydrogen (secondary N) is 2. The smallest absolute Gasteiger partial charge is 0.269 e. The van der Waals surface area contributed by atoms with Crippen molar-refractivity contribution >= 4 is 5.91 Å². The molecule has 2 aliphatic rings. The molecule has 2 N–H and O–H groups in total. The van der Waals surface area contributed by atoms with E-state index in [2.05, 4.69) is 28.6 Å². The number of fused-ring (bicyclic) bond motifs is 1. The topological polar surface area (TPSA) is 94.0 Å². The number of carbonyl (C=O) groups excluding carboxylic acids is 1. The number of nitrogens with zero attached hydrogens (tertiary/aromatic N) is 3. The van der Waals surface area contributed by atoms with Gasteiger partial charge in [-0.25, -0.2) is 0 Å². The summed E-state index contributed by atoms with van der Waals surface area (Å²) in [6.07, 6.45) is 2.23. The number of amides is 1. The zero-order chi connectivity index (χ0) is 20.7. The number of para-hydroxylation sites is 2. The third kappa shape index (κ3) is 3.16. The van der Waals surface area contributed by atoms with E-state index in [1.807, 2.05) is 54.6 Å². The number of H-pyrrole nitrogens is 1. The molecule has 2 heterocycles. The molecular weight excluding hydrogens is 378 g/mol. The summed E-state index contributed by atoms with van der Waals surface area (Å²) in [6.45, 7) is 2.69. The van der Waals surface area contributed by atoms with Crippen molar-refractivity contribution in [1.29, 1.82) is 5.26 Å². The van der Waals surface area contributed by atoms with Crippen LogP contribution in [0, 0.1) is 23.3 Å². The normalized spacial score (nSPS) is 24.1. The molecule has 7 nitrogen and oxygen atoms in total. The van der Waals surface area contributed by atoms with Crippen LogP contribution in [-0.4, -0.2) is 39.6 Å². The van der Waals surface area contributed by atoms with Gasteiger partial charge in [0.15, 0.2) is 6.19 Å². The number of piperidine rings is 1. The molecule has 0 unspecified atom stereocenters. The summed E-state index contributed by atoms with van der Waals surface area (Å²) < 4.78 is 6.01. The van der Waals surface area contributed by atoms with E-state index in [1.54, 1.807) is 11.0 Å². The third-order valence-corrected chi connectivity index (χ3v) is 6.02. The molecule has 1 aliphatic carbocycles. The summed E-state index contributed by atoms with van der Waals surface area (Å²) in [5.74, 6) is 1.96. The fraction of sp³-hybridized carbons (Fsp3) is 0.261. The van der Waals surface area contributed by atoms with E-state index < -0.39 is 0 Å². The summed E-state index contributed by atoms with van der Waals surface area (Å²) in [5.41, 5.74) is 1.82. The van der Waals surface area contributed by atoms with Gasteiger partial charge in [0.2, 0.25) is 0 Å². The van der Waals surface area contributed by atoms with Crippen LogP contribution in [0.1, 0.15) is 17.4 Å². The van der Waals surface area contributed by atoms with E-state index in [-0.39, 0.29) is 18.0 Å². The largest absolute Gasteiger partial charge is 0.457 e. The lowest BCUT2D eigenvalue weighted by Gasteiger charge is -2.17. The van der Waals surface area contributed by atoms with Crippen LogP contribution >= 0.6 is 0 Å². The van der Waals surface area contributed by atoms with Crippen LogP contribution in [0.15, 0.2) is 60.7 Å². The van der Waals surface area contributed by atoms with Gasteiger partial charge in [0.05, 0.1) is 11.7 Å². The van der Waals surface area contributed by atoms with Crippen LogP contribution in [0.5, 0.6) is 11.5 Å². The highest BCUT2D eigenvalue weighted by Gasteiger charge is 2.60. The van der Waals surface area contributed by atoms with Crippen LogP contribution in [-0.2, 0) is 0 Å². The number of aromatic nitrogens is 2. The highest BCUT2D eigenvalue weighted by Crippen LogP contribution is 2.50. The van der Waals surface area contributed by atoms with Crippen LogP contribution in [0.2, 0.25) is 0 Å². The standard InChI is InChI=1S/C23H21N5O2/c1-14-21-19(12-28(13-24)22(14)21)25-23(29)18-11-17(26-27-18)16-9-5-6-10-20(16)30-15-7-3-2-4-8-15/h2-11,14,19,21-22H,12H2,1H3,(H,25,29)(H,26,27)/t14-,19-,21-,22-/m1/s1. The van der Waals surface area contributed by atoms with Gasteiger partial charge in [-0.3, -0.25) is 9.89 Å². The third-order valence-electron chi connectivity index (χ3n) is 6.02. The average molecular weight is 399 g/mol. The molecule has 1 amide bonds. The number of likely N-dealkylation sites (tertiary alicyclic amines) is 1. The lowest BCUT2D eigenvalue weighted by molar-refractivity contribution is 0.0926. The maximum absolute atomic E-state index is 12.8. The first-order valence-corrected chi connectivity index (χ1v) is 10.0. The van der Waals surface area contributed by atoms with Crippen molar-refractivity contribution in [3.63, 3.8) is 0 Å². The minimum absolute atomic E-state index is 0.0161. The molecule has 30 heavy (non-hydrogen) atoms. The van der Waals surface area contributed by atoms with Crippen LogP contribution < -0.4 is 10.1 Å². The predicted molar refractivity (Wildman–Crippen MR) is 111 cm³/mol. The molecule has 3 aromatic rings. The molecule has 150 valence electrons. The number of nitriles is 1. The molecule has 1 saturated carbocycles. The van der Waals surface area contributed by atoms with Gasteiger partial charge in [0, 0.05) is 24.1 Å². The molecule has 7 heteroatoms. The number of aromatic amines is 1. The SMILES string of the molecule is C[C@@H]1[C@H]2[C@@H]1N(C#N)C[C@H]2NC(=O)c1cc(-c2ccccc2Oc2ccccc2)n[nH]1. The van der Waals surface area contributed by atoms with Gasteiger partial charge in [-0.2, -0.15) is 10.4 Å². The minimum Gasteiger partial charge on any atom is -0.457 e. The number of rotatable bonds is 5. The first-order chi connectivity index (χ1) is 14.7. The zero-order valence-electron chi connectivity index (χ0n) is 16.4. The fourth-order valence-electron chi connectivity index (χ4n) is 4.48. The molecule has 0 spiro atoms. The van der Waals surface area contributed by atoms with Gasteiger partial charge >= 0.3 is 0 Å². The quantitative estimate of drug-likeness (QED) is 0.642. The Balaban J connectivity index is 1.33. The zero-order valence-corrected chi connectivity index (χ0v) is 16.4. The fourth-order valence-corrected chi connectivity index (χ4v) is 4.48. The first kappa shape index (κ1) is 18.3. The van der Waals surface area contributed by atoms with Crippen molar-refractivity contribution in [2.75, 3.05) is 6.54 Å². The van der Waals surface area contributed by atoms with Crippen molar-refractivity contribution in [3.05, 3.63) is 66.4 Å². The molecular formula is C23H21N5O2. The van der Waals surface area contributed by atoms with Crippen LogP contribution in [0.3, 0.4) is 0 Å². The van der Waals surface area contributed by atoms with E-state index in [4.69, 9.17) is 4.74 Å². The Morgan fingerprint density at radius 1 is 1.23 bits per heavy atom. The van der Waals surface area contributed by atoms with Crippen molar-refractivity contribution in [3.8, 4) is 28.9 Å². The molecule has 5 rings (SSSR count). The molecule has 0 bridgehead atoms. The number of benzene rings is 2.